The van der Waals surface area contributed by atoms with Gasteiger partial charge in [-0.05, 0) is 63.0 Å². The molecule has 0 bridgehead atoms. The second-order valence-corrected chi connectivity index (χ2v) is 8.00. The van der Waals surface area contributed by atoms with Gasteiger partial charge in [0.15, 0.2) is 5.96 Å². The second kappa shape index (κ2) is 11.0. The average Bonchev–Trinajstić information content (AvgIpc) is 3.25. The van der Waals surface area contributed by atoms with Gasteiger partial charge in [-0.3, -0.25) is 4.79 Å². The number of pyridine rings is 1. The first-order valence-corrected chi connectivity index (χ1v) is 11.0. The smallest absolute Gasteiger partial charge is 0.220 e. The lowest BCUT2D eigenvalue weighted by Gasteiger charge is -2.34. The number of ether oxygens (including phenoxy) is 1. The molecule has 1 saturated carbocycles. The van der Waals surface area contributed by atoms with Gasteiger partial charge in [0.05, 0.1) is 6.54 Å². The summed E-state index contributed by atoms with van der Waals surface area (Å²) in [5, 5.41) is 6.14. The summed E-state index contributed by atoms with van der Waals surface area (Å²) in [5.41, 5.74) is 1.11. The van der Waals surface area contributed by atoms with Crippen LogP contribution >= 0.6 is 0 Å². The fraction of sp³-hybridized carbons (Fsp3) is 0.682. The van der Waals surface area contributed by atoms with E-state index in [0.29, 0.717) is 30.9 Å². The average molecular weight is 402 g/mol. The molecule has 29 heavy (non-hydrogen) atoms. The Labute approximate surface area is 174 Å². The van der Waals surface area contributed by atoms with Crippen LogP contribution < -0.4 is 15.4 Å². The second-order valence-electron chi connectivity index (χ2n) is 8.00. The molecule has 0 atom stereocenters. The summed E-state index contributed by atoms with van der Waals surface area (Å²) in [6, 6.07) is 4.02. The zero-order valence-electron chi connectivity index (χ0n) is 17.8. The van der Waals surface area contributed by atoms with Gasteiger partial charge in [0, 0.05) is 45.4 Å². The van der Waals surface area contributed by atoms with Crippen LogP contribution in [0.25, 0.3) is 0 Å². The fourth-order valence-electron chi connectivity index (χ4n) is 4.10. The molecule has 7 nitrogen and oxygen atoms in total. The molecular formula is C22H35N5O2. The minimum Gasteiger partial charge on any atom is -0.474 e. The van der Waals surface area contributed by atoms with Crippen molar-refractivity contribution in [2.45, 2.75) is 64.5 Å². The lowest BCUT2D eigenvalue weighted by atomic mass is 9.93. The van der Waals surface area contributed by atoms with E-state index in [2.05, 4.69) is 27.4 Å². The number of rotatable bonds is 7. The van der Waals surface area contributed by atoms with Crippen molar-refractivity contribution in [1.82, 2.24) is 20.5 Å². The number of nitrogens with one attached hydrogen (secondary N) is 2. The molecule has 1 aromatic heterocycles. The van der Waals surface area contributed by atoms with Gasteiger partial charge in [0.1, 0.15) is 6.10 Å². The number of piperidine rings is 1. The van der Waals surface area contributed by atoms with E-state index < -0.39 is 0 Å². The number of likely N-dealkylation sites (tertiary alicyclic amines) is 1. The van der Waals surface area contributed by atoms with E-state index in [1.165, 1.54) is 12.8 Å². The van der Waals surface area contributed by atoms with Crippen LogP contribution in [0.3, 0.4) is 0 Å². The Kier molecular flexibility index (Phi) is 8.14. The van der Waals surface area contributed by atoms with E-state index in [4.69, 9.17) is 9.73 Å². The molecule has 1 saturated heterocycles. The number of nitrogens with zero attached hydrogens (tertiary/aromatic N) is 3. The SMILES string of the molecule is CCNC(=NCc1ccnc(OC2CCCC2)c1)N1CCC(CC(=O)NC)CC1. The highest BCUT2D eigenvalue weighted by molar-refractivity contribution is 5.80. The predicted octanol–water partition coefficient (Wildman–Crippen LogP) is 2.72. The van der Waals surface area contributed by atoms with Crippen LogP contribution in [0.5, 0.6) is 5.88 Å². The summed E-state index contributed by atoms with van der Waals surface area (Å²) in [7, 11) is 1.71. The molecule has 1 aromatic rings. The highest BCUT2D eigenvalue weighted by Crippen LogP contribution is 2.24. The van der Waals surface area contributed by atoms with Crippen LogP contribution in [0.1, 0.15) is 57.4 Å². The summed E-state index contributed by atoms with van der Waals surface area (Å²) < 4.78 is 6.02. The van der Waals surface area contributed by atoms with Gasteiger partial charge in [0.25, 0.3) is 0 Å². The summed E-state index contributed by atoms with van der Waals surface area (Å²) in [5.74, 6) is 2.26. The van der Waals surface area contributed by atoms with Crippen LogP contribution in [0.15, 0.2) is 23.3 Å². The molecule has 1 aliphatic heterocycles. The molecule has 1 amide bonds. The monoisotopic (exact) mass is 401 g/mol. The Morgan fingerprint density at radius 2 is 2.03 bits per heavy atom. The van der Waals surface area contributed by atoms with Gasteiger partial charge in [-0.15, -0.1) is 0 Å². The van der Waals surface area contributed by atoms with Gasteiger partial charge in [-0.1, -0.05) is 0 Å². The molecule has 0 unspecified atom stereocenters. The third-order valence-corrected chi connectivity index (χ3v) is 5.80. The molecule has 0 radical (unpaired) electrons. The van der Waals surface area contributed by atoms with Crippen LogP contribution in [-0.4, -0.2) is 54.5 Å². The Balaban J connectivity index is 1.56. The Morgan fingerprint density at radius 1 is 1.28 bits per heavy atom. The van der Waals surface area contributed by atoms with Gasteiger partial charge in [0.2, 0.25) is 11.8 Å². The van der Waals surface area contributed by atoms with Gasteiger partial charge >= 0.3 is 0 Å². The van der Waals surface area contributed by atoms with E-state index in [1.54, 1.807) is 7.05 Å². The number of hydrogen-bond acceptors (Lipinski definition) is 4. The van der Waals surface area contributed by atoms with Crippen LogP contribution in [0.4, 0.5) is 0 Å². The quantitative estimate of drug-likeness (QED) is 0.543. The van der Waals surface area contributed by atoms with Gasteiger partial charge in [-0.2, -0.15) is 0 Å². The molecule has 160 valence electrons. The van der Waals surface area contributed by atoms with E-state index in [0.717, 1.165) is 56.8 Å². The molecular weight excluding hydrogens is 366 g/mol. The van der Waals surface area contributed by atoms with E-state index in [-0.39, 0.29) is 5.91 Å². The van der Waals surface area contributed by atoms with E-state index in [1.807, 2.05) is 18.3 Å². The summed E-state index contributed by atoms with van der Waals surface area (Å²) in [6.45, 7) is 5.39. The summed E-state index contributed by atoms with van der Waals surface area (Å²) in [6.07, 6.45) is 9.55. The van der Waals surface area contributed by atoms with Crippen molar-refractivity contribution in [3.63, 3.8) is 0 Å². The molecule has 2 fully saturated rings. The van der Waals surface area contributed by atoms with Gasteiger partial charge < -0.3 is 20.3 Å². The van der Waals surface area contributed by atoms with Crippen LogP contribution in [0, 0.1) is 5.92 Å². The number of amides is 1. The van der Waals surface area contributed by atoms with Crippen molar-refractivity contribution in [3.05, 3.63) is 23.9 Å². The molecule has 0 spiro atoms. The van der Waals surface area contributed by atoms with Crippen molar-refractivity contribution in [2.75, 3.05) is 26.7 Å². The number of guanidine groups is 1. The fourth-order valence-corrected chi connectivity index (χ4v) is 4.10. The maximum Gasteiger partial charge on any atom is 0.220 e. The van der Waals surface area contributed by atoms with Crippen LogP contribution in [0.2, 0.25) is 0 Å². The minimum absolute atomic E-state index is 0.136. The van der Waals surface area contributed by atoms with E-state index in [9.17, 15) is 4.79 Å². The molecule has 0 aromatic carbocycles. The highest BCUT2D eigenvalue weighted by atomic mass is 16.5. The minimum atomic E-state index is 0.136. The standard InChI is InChI=1S/C22H35N5O2/c1-3-24-22(27-12-9-17(10-13-27)14-20(28)23-2)26-16-18-8-11-25-21(15-18)29-19-6-4-5-7-19/h8,11,15,17,19H,3-7,9-10,12-14,16H2,1-2H3,(H,23,28)(H,24,26). The van der Waals surface area contributed by atoms with Crippen molar-refractivity contribution < 1.29 is 9.53 Å². The first kappa shape index (κ1) is 21.4. The Morgan fingerprint density at radius 3 is 2.72 bits per heavy atom. The zero-order valence-corrected chi connectivity index (χ0v) is 17.8. The molecule has 3 rings (SSSR count). The third kappa shape index (κ3) is 6.61. The van der Waals surface area contributed by atoms with Crippen LogP contribution in [-0.2, 0) is 11.3 Å². The summed E-state index contributed by atoms with van der Waals surface area (Å²) in [4.78, 5) is 23.1. The lowest BCUT2D eigenvalue weighted by molar-refractivity contribution is -0.121. The number of carbonyl (C=O) groups excluding carboxylic acids is 1. The van der Waals surface area contributed by atoms with E-state index >= 15 is 0 Å². The lowest BCUT2D eigenvalue weighted by Crippen LogP contribution is -2.46. The normalized spacial score (nSPS) is 18.7. The van der Waals surface area contributed by atoms with Crippen molar-refractivity contribution >= 4 is 11.9 Å². The van der Waals surface area contributed by atoms with Gasteiger partial charge in [-0.25, -0.2) is 9.98 Å². The van der Waals surface area contributed by atoms with Crippen molar-refractivity contribution in [1.29, 1.82) is 0 Å². The zero-order chi connectivity index (χ0) is 20.5. The highest BCUT2D eigenvalue weighted by Gasteiger charge is 2.23. The molecule has 1 aliphatic carbocycles. The number of aliphatic imine (C=N–C) groups is 1. The molecule has 7 heteroatoms. The molecule has 2 aliphatic rings. The Hall–Kier alpha value is -2.31. The third-order valence-electron chi connectivity index (χ3n) is 5.80. The number of hydrogen-bond donors (Lipinski definition) is 2. The largest absolute Gasteiger partial charge is 0.474 e. The first-order chi connectivity index (χ1) is 14.2. The predicted molar refractivity (Wildman–Crippen MR) is 115 cm³/mol. The first-order valence-electron chi connectivity index (χ1n) is 11.0. The number of aromatic nitrogens is 1. The maximum atomic E-state index is 11.6. The Bertz CT molecular complexity index is 680. The van der Waals surface area contributed by atoms with Crippen molar-refractivity contribution in [3.8, 4) is 5.88 Å². The maximum absolute atomic E-state index is 11.6. The number of carbonyl (C=O) groups is 1. The summed E-state index contributed by atoms with van der Waals surface area (Å²) >= 11 is 0. The van der Waals surface area contributed by atoms with Crippen molar-refractivity contribution in [2.24, 2.45) is 10.9 Å². The molecule has 2 heterocycles. The molecule has 2 N–H and O–H groups in total. The topological polar surface area (TPSA) is 78.9 Å².